The van der Waals surface area contributed by atoms with E-state index in [-0.39, 0.29) is 17.9 Å². The molecule has 2 unspecified atom stereocenters. The Labute approximate surface area is 91.8 Å². The Balaban J connectivity index is 3.85. The van der Waals surface area contributed by atoms with Crippen LogP contribution in [0.2, 0.25) is 0 Å². The lowest BCUT2D eigenvalue weighted by atomic mass is 10.1. The summed E-state index contributed by atoms with van der Waals surface area (Å²) in [5, 5.41) is 8.61. The number of amides is 1. The van der Waals surface area contributed by atoms with Crippen LogP contribution in [0.25, 0.3) is 0 Å². The van der Waals surface area contributed by atoms with Gasteiger partial charge in [0.25, 0.3) is 0 Å². The average Bonchev–Trinajstić information content (AvgIpc) is 2.24. The number of rotatable bonds is 6. The van der Waals surface area contributed by atoms with Gasteiger partial charge < -0.3 is 9.64 Å². The highest BCUT2D eigenvalue weighted by Gasteiger charge is 2.12. The maximum absolute atomic E-state index is 11.6. The first-order valence-corrected chi connectivity index (χ1v) is 5.17. The van der Waals surface area contributed by atoms with E-state index in [1.807, 2.05) is 13.8 Å². The summed E-state index contributed by atoms with van der Waals surface area (Å²) in [6.07, 6.45) is 1.31. The van der Waals surface area contributed by atoms with Crippen molar-refractivity contribution < 1.29 is 9.53 Å². The van der Waals surface area contributed by atoms with Gasteiger partial charge in [0.15, 0.2) is 0 Å². The largest absolute Gasteiger partial charge is 0.382 e. The van der Waals surface area contributed by atoms with Gasteiger partial charge in [0.2, 0.25) is 5.91 Å². The van der Waals surface area contributed by atoms with E-state index in [0.29, 0.717) is 13.0 Å². The average molecular weight is 212 g/mol. The van der Waals surface area contributed by atoms with Crippen LogP contribution in [0, 0.1) is 17.2 Å². The van der Waals surface area contributed by atoms with Crippen molar-refractivity contribution in [1.29, 1.82) is 5.26 Å². The Kier molecular flexibility index (Phi) is 6.72. The molecular formula is C11H20N2O2. The first-order valence-electron chi connectivity index (χ1n) is 5.17. The third-order valence-electron chi connectivity index (χ3n) is 2.36. The summed E-state index contributed by atoms with van der Waals surface area (Å²) < 4.78 is 5.06. The molecule has 15 heavy (non-hydrogen) atoms. The second-order valence-electron chi connectivity index (χ2n) is 3.89. The van der Waals surface area contributed by atoms with E-state index in [1.165, 1.54) is 0 Å². The molecule has 1 amide bonds. The zero-order valence-corrected chi connectivity index (χ0v) is 9.99. The summed E-state index contributed by atoms with van der Waals surface area (Å²) in [6.45, 7) is 4.24. The van der Waals surface area contributed by atoms with Crippen LogP contribution in [0.15, 0.2) is 0 Å². The Morgan fingerprint density at radius 2 is 2.13 bits per heavy atom. The quantitative estimate of drug-likeness (QED) is 0.669. The van der Waals surface area contributed by atoms with Crippen LogP contribution >= 0.6 is 0 Å². The highest BCUT2D eigenvalue weighted by Crippen LogP contribution is 2.04. The predicted octanol–water partition coefficient (Wildman–Crippen LogP) is 1.42. The predicted molar refractivity (Wildman–Crippen MR) is 58.1 cm³/mol. The van der Waals surface area contributed by atoms with Crippen LogP contribution < -0.4 is 0 Å². The van der Waals surface area contributed by atoms with Gasteiger partial charge >= 0.3 is 0 Å². The maximum atomic E-state index is 11.6. The molecule has 0 aromatic heterocycles. The van der Waals surface area contributed by atoms with Gasteiger partial charge in [0, 0.05) is 27.1 Å². The molecule has 4 heteroatoms. The van der Waals surface area contributed by atoms with E-state index in [9.17, 15) is 4.79 Å². The highest BCUT2D eigenvalue weighted by atomic mass is 16.5. The Morgan fingerprint density at radius 3 is 2.60 bits per heavy atom. The first-order chi connectivity index (χ1) is 7.01. The van der Waals surface area contributed by atoms with Crippen molar-refractivity contribution in [2.45, 2.75) is 32.8 Å². The van der Waals surface area contributed by atoms with E-state index in [0.717, 1.165) is 6.42 Å². The molecular weight excluding hydrogens is 192 g/mol. The first kappa shape index (κ1) is 13.9. The molecule has 0 aromatic carbocycles. The number of nitriles is 1. The molecule has 0 fully saturated rings. The van der Waals surface area contributed by atoms with Crippen molar-refractivity contribution in [1.82, 2.24) is 4.90 Å². The minimum absolute atomic E-state index is 0.0704. The molecule has 0 aliphatic carbocycles. The SMILES string of the molecule is COC(C)CCC(=O)N(C)CC(C)C#N. The molecule has 0 saturated heterocycles. The normalized spacial score (nSPS) is 14.1. The van der Waals surface area contributed by atoms with Crippen LogP contribution in [0.5, 0.6) is 0 Å². The van der Waals surface area contributed by atoms with Crippen molar-refractivity contribution in [2.75, 3.05) is 20.7 Å². The smallest absolute Gasteiger partial charge is 0.222 e. The lowest BCUT2D eigenvalue weighted by Crippen LogP contribution is -2.31. The van der Waals surface area contributed by atoms with E-state index in [4.69, 9.17) is 10.00 Å². The van der Waals surface area contributed by atoms with Gasteiger partial charge in [-0.05, 0) is 20.3 Å². The number of methoxy groups -OCH3 is 1. The van der Waals surface area contributed by atoms with Gasteiger partial charge in [0.1, 0.15) is 0 Å². The summed E-state index contributed by atoms with van der Waals surface area (Å²) in [5.41, 5.74) is 0. The zero-order chi connectivity index (χ0) is 11.8. The van der Waals surface area contributed by atoms with Crippen LogP contribution in [0.3, 0.4) is 0 Å². The van der Waals surface area contributed by atoms with Gasteiger partial charge in [-0.3, -0.25) is 4.79 Å². The fourth-order valence-corrected chi connectivity index (χ4v) is 1.19. The summed E-state index contributed by atoms with van der Waals surface area (Å²) in [5.74, 6) is -0.0419. The van der Waals surface area contributed by atoms with E-state index < -0.39 is 0 Å². The molecule has 0 aliphatic heterocycles. The summed E-state index contributed by atoms with van der Waals surface area (Å²) in [6, 6.07) is 2.11. The van der Waals surface area contributed by atoms with Crippen molar-refractivity contribution in [3.63, 3.8) is 0 Å². The lowest BCUT2D eigenvalue weighted by molar-refractivity contribution is -0.130. The molecule has 4 nitrogen and oxygen atoms in total. The molecule has 0 rings (SSSR count). The van der Waals surface area contributed by atoms with E-state index in [2.05, 4.69) is 6.07 Å². The molecule has 0 bridgehead atoms. The molecule has 0 heterocycles. The Bertz CT molecular complexity index is 235. The van der Waals surface area contributed by atoms with Crippen LogP contribution in [0.4, 0.5) is 0 Å². The Hall–Kier alpha value is -1.08. The number of ether oxygens (including phenoxy) is 1. The summed E-state index contributed by atoms with van der Waals surface area (Å²) >= 11 is 0. The van der Waals surface area contributed by atoms with Gasteiger partial charge in [-0.2, -0.15) is 5.26 Å². The number of carbonyl (C=O) groups excluding carboxylic acids is 1. The summed E-state index contributed by atoms with van der Waals surface area (Å²) in [4.78, 5) is 13.2. The van der Waals surface area contributed by atoms with Crippen molar-refractivity contribution in [2.24, 2.45) is 5.92 Å². The number of nitrogens with zero attached hydrogens (tertiary/aromatic N) is 2. The van der Waals surface area contributed by atoms with Crippen LogP contribution in [0.1, 0.15) is 26.7 Å². The minimum atomic E-state index is -0.112. The number of carbonyl (C=O) groups is 1. The highest BCUT2D eigenvalue weighted by molar-refractivity contribution is 5.75. The molecule has 0 N–H and O–H groups in total. The molecule has 0 aromatic rings. The molecule has 0 spiro atoms. The van der Waals surface area contributed by atoms with Gasteiger partial charge in [-0.1, -0.05) is 0 Å². The fraction of sp³-hybridized carbons (Fsp3) is 0.818. The lowest BCUT2D eigenvalue weighted by Gasteiger charge is -2.19. The van der Waals surface area contributed by atoms with Gasteiger partial charge in [0.05, 0.1) is 18.1 Å². The zero-order valence-electron chi connectivity index (χ0n) is 9.99. The van der Waals surface area contributed by atoms with Crippen LogP contribution in [-0.4, -0.2) is 37.6 Å². The molecule has 0 radical (unpaired) electrons. The third-order valence-corrected chi connectivity index (χ3v) is 2.36. The molecule has 0 aliphatic rings. The molecule has 0 saturated carbocycles. The van der Waals surface area contributed by atoms with Crippen molar-refractivity contribution in [3.05, 3.63) is 0 Å². The second-order valence-corrected chi connectivity index (χ2v) is 3.89. The third kappa shape index (κ3) is 6.08. The second kappa shape index (κ2) is 7.24. The summed E-state index contributed by atoms with van der Waals surface area (Å²) in [7, 11) is 3.37. The topological polar surface area (TPSA) is 53.3 Å². The molecule has 2 atom stereocenters. The molecule has 86 valence electrons. The van der Waals surface area contributed by atoms with E-state index >= 15 is 0 Å². The minimum Gasteiger partial charge on any atom is -0.382 e. The monoisotopic (exact) mass is 212 g/mol. The van der Waals surface area contributed by atoms with Crippen molar-refractivity contribution >= 4 is 5.91 Å². The maximum Gasteiger partial charge on any atom is 0.222 e. The van der Waals surface area contributed by atoms with Gasteiger partial charge in [-0.15, -0.1) is 0 Å². The standard InChI is InChI=1S/C11H20N2O2/c1-9(7-12)8-13(3)11(14)6-5-10(2)15-4/h9-10H,5-6,8H2,1-4H3. The van der Waals surface area contributed by atoms with Crippen LogP contribution in [-0.2, 0) is 9.53 Å². The number of hydrogen-bond acceptors (Lipinski definition) is 3. The van der Waals surface area contributed by atoms with Crippen molar-refractivity contribution in [3.8, 4) is 6.07 Å². The van der Waals surface area contributed by atoms with Gasteiger partial charge in [-0.25, -0.2) is 0 Å². The van der Waals surface area contributed by atoms with E-state index in [1.54, 1.807) is 19.1 Å². The fourth-order valence-electron chi connectivity index (χ4n) is 1.19. The number of hydrogen-bond donors (Lipinski definition) is 0. The Morgan fingerprint density at radius 1 is 1.53 bits per heavy atom.